The standard InChI is InChI=1S/C9H12N2.C2H6/c1-6-4-3-5-8(7(2)10)9(6)11;1-2/h3-5,10H,11H2,1-2H3;1-2H3. The van der Waals surface area contributed by atoms with Crippen molar-refractivity contribution >= 4 is 11.4 Å². The Labute approximate surface area is 80.3 Å². The monoisotopic (exact) mass is 178 g/mol. The van der Waals surface area contributed by atoms with Crippen LogP contribution < -0.4 is 5.73 Å². The Morgan fingerprint density at radius 1 is 1.31 bits per heavy atom. The van der Waals surface area contributed by atoms with Gasteiger partial charge in [-0.15, -0.1) is 0 Å². The molecule has 0 amide bonds. The minimum atomic E-state index is 0.520. The van der Waals surface area contributed by atoms with Gasteiger partial charge in [-0.05, 0) is 19.4 Å². The third-order valence-corrected chi connectivity index (χ3v) is 1.73. The number of hydrogen-bond acceptors (Lipinski definition) is 2. The van der Waals surface area contributed by atoms with E-state index in [0.717, 1.165) is 16.8 Å². The van der Waals surface area contributed by atoms with Crippen molar-refractivity contribution in [2.45, 2.75) is 27.7 Å². The fraction of sp³-hybridized carbons (Fsp3) is 0.364. The topological polar surface area (TPSA) is 49.9 Å². The second kappa shape index (κ2) is 5.36. The normalized spacial score (nSPS) is 8.62. The van der Waals surface area contributed by atoms with Crippen LogP contribution in [0, 0.1) is 12.3 Å². The largest absolute Gasteiger partial charge is 0.398 e. The van der Waals surface area contributed by atoms with E-state index < -0.39 is 0 Å². The van der Waals surface area contributed by atoms with E-state index in [1.807, 2.05) is 39.0 Å². The summed E-state index contributed by atoms with van der Waals surface area (Å²) in [5.41, 5.74) is 8.86. The first-order valence-electron chi connectivity index (χ1n) is 4.53. The lowest BCUT2D eigenvalue weighted by Gasteiger charge is -2.05. The van der Waals surface area contributed by atoms with Gasteiger partial charge in [0.05, 0.1) is 0 Å². The fourth-order valence-corrected chi connectivity index (χ4v) is 1.01. The molecule has 0 radical (unpaired) electrons. The average Bonchev–Trinajstić information content (AvgIpc) is 2.13. The highest BCUT2D eigenvalue weighted by Gasteiger charge is 2.01. The summed E-state index contributed by atoms with van der Waals surface area (Å²) < 4.78 is 0. The summed E-state index contributed by atoms with van der Waals surface area (Å²) in [4.78, 5) is 0. The molecule has 0 saturated heterocycles. The lowest BCUT2D eigenvalue weighted by atomic mass is 10.1. The molecule has 0 aromatic heterocycles. The van der Waals surface area contributed by atoms with E-state index in [0.29, 0.717) is 5.71 Å². The lowest BCUT2D eigenvalue weighted by molar-refractivity contribution is 1.41. The SMILES string of the molecule is CC.CC(=N)c1cccc(C)c1N. The number of nitrogens with one attached hydrogen (secondary N) is 1. The molecule has 0 saturated carbocycles. The highest BCUT2D eigenvalue weighted by molar-refractivity contribution is 6.01. The molecule has 0 heterocycles. The Bertz CT molecular complexity index is 290. The summed E-state index contributed by atoms with van der Waals surface area (Å²) in [6, 6.07) is 5.73. The third kappa shape index (κ3) is 2.90. The van der Waals surface area contributed by atoms with E-state index in [1.54, 1.807) is 6.92 Å². The molecule has 2 nitrogen and oxygen atoms in total. The van der Waals surface area contributed by atoms with Crippen LogP contribution in [0.4, 0.5) is 5.69 Å². The van der Waals surface area contributed by atoms with Gasteiger partial charge >= 0.3 is 0 Å². The number of nitrogens with two attached hydrogens (primary N) is 1. The van der Waals surface area contributed by atoms with Crippen molar-refractivity contribution in [3.63, 3.8) is 0 Å². The smallest absolute Gasteiger partial charge is 0.0435 e. The molecule has 13 heavy (non-hydrogen) atoms. The number of hydrogen-bond donors (Lipinski definition) is 2. The molecule has 0 aliphatic carbocycles. The maximum Gasteiger partial charge on any atom is 0.0435 e. The molecule has 0 fully saturated rings. The maximum absolute atomic E-state index is 7.39. The molecule has 1 rings (SSSR count). The molecule has 0 unspecified atom stereocenters. The van der Waals surface area contributed by atoms with E-state index in [-0.39, 0.29) is 0 Å². The molecule has 0 atom stereocenters. The minimum Gasteiger partial charge on any atom is -0.398 e. The van der Waals surface area contributed by atoms with Gasteiger partial charge in [-0.1, -0.05) is 32.0 Å². The molecule has 2 heteroatoms. The van der Waals surface area contributed by atoms with Crippen LogP contribution >= 0.6 is 0 Å². The zero-order valence-corrected chi connectivity index (χ0v) is 8.81. The Morgan fingerprint density at radius 3 is 2.23 bits per heavy atom. The molecular formula is C11H18N2. The van der Waals surface area contributed by atoms with Crippen molar-refractivity contribution in [1.29, 1.82) is 5.41 Å². The Kier molecular flexibility index (Phi) is 4.82. The molecule has 1 aromatic rings. The summed E-state index contributed by atoms with van der Waals surface area (Å²) in [6.07, 6.45) is 0. The highest BCUT2D eigenvalue weighted by Crippen LogP contribution is 2.16. The van der Waals surface area contributed by atoms with Crippen LogP contribution in [0.1, 0.15) is 31.9 Å². The lowest BCUT2D eigenvalue weighted by Crippen LogP contribution is -2.00. The number of anilines is 1. The number of rotatable bonds is 1. The van der Waals surface area contributed by atoms with Crippen LogP contribution in [-0.4, -0.2) is 5.71 Å². The van der Waals surface area contributed by atoms with Crippen molar-refractivity contribution in [1.82, 2.24) is 0 Å². The van der Waals surface area contributed by atoms with Crippen LogP contribution in [-0.2, 0) is 0 Å². The summed E-state index contributed by atoms with van der Waals surface area (Å²) >= 11 is 0. The predicted molar refractivity (Wildman–Crippen MR) is 59.4 cm³/mol. The molecule has 0 spiro atoms. The predicted octanol–water partition coefficient (Wildman–Crippen LogP) is 2.99. The number of aryl methyl sites for hydroxylation is 1. The molecule has 0 bridgehead atoms. The first-order valence-corrected chi connectivity index (χ1v) is 4.53. The quantitative estimate of drug-likeness (QED) is 0.504. The molecule has 0 aliphatic rings. The van der Waals surface area contributed by atoms with Crippen LogP contribution in [0.25, 0.3) is 0 Å². The van der Waals surface area contributed by atoms with Gasteiger partial charge in [0.1, 0.15) is 0 Å². The fourth-order valence-electron chi connectivity index (χ4n) is 1.01. The van der Waals surface area contributed by atoms with E-state index in [2.05, 4.69) is 0 Å². The Balaban J connectivity index is 0.000000671. The van der Waals surface area contributed by atoms with Gasteiger partial charge < -0.3 is 11.1 Å². The maximum atomic E-state index is 7.39. The van der Waals surface area contributed by atoms with E-state index in [1.165, 1.54) is 0 Å². The second-order valence-electron chi connectivity index (χ2n) is 2.66. The van der Waals surface area contributed by atoms with Crippen molar-refractivity contribution in [3.05, 3.63) is 29.3 Å². The molecule has 3 N–H and O–H groups in total. The van der Waals surface area contributed by atoms with Crippen LogP contribution in [0.2, 0.25) is 0 Å². The van der Waals surface area contributed by atoms with Gasteiger partial charge in [-0.2, -0.15) is 0 Å². The minimum absolute atomic E-state index is 0.520. The van der Waals surface area contributed by atoms with Gasteiger partial charge in [0, 0.05) is 17.0 Å². The van der Waals surface area contributed by atoms with Gasteiger partial charge in [-0.3, -0.25) is 0 Å². The first kappa shape index (κ1) is 11.7. The summed E-state index contributed by atoms with van der Waals surface area (Å²) in [5, 5.41) is 7.39. The number of benzene rings is 1. The van der Waals surface area contributed by atoms with E-state index in [9.17, 15) is 0 Å². The molecule has 0 aliphatic heterocycles. The van der Waals surface area contributed by atoms with Crippen molar-refractivity contribution in [3.8, 4) is 0 Å². The zero-order valence-electron chi connectivity index (χ0n) is 8.81. The Morgan fingerprint density at radius 2 is 1.85 bits per heavy atom. The summed E-state index contributed by atoms with van der Waals surface area (Å²) in [5.74, 6) is 0. The van der Waals surface area contributed by atoms with Crippen LogP contribution in [0.3, 0.4) is 0 Å². The highest BCUT2D eigenvalue weighted by atomic mass is 14.6. The van der Waals surface area contributed by atoms with Crippen LogP contribution in [0.5, 0.6) is 0 Å². The Hall–Kier alpha value is -1.31. The summed E-state index contributed by atoms with van der Waals surface area (Å²) in [6.45, 7) is 7.69. The molecular weight excluding hydrogens is 160 g/mol. The number of para-hydroxylation sites is 1. The van der Waals surface area contributed by atoms with Crippen LogP contribution in [0.15, 0.2) is 18.2 Å². The summed E-state index contributed by atoms with van der Waals surface area (Å²) in [7, 11) is 0. The third-order valence-electron chi connectivity index (χ3n) is 1.73. The van der Waals surface area contributed by atoms with Gasteiger partial charge in [-0.25, -0.2) is 0 Å². The van der Waals surface area contributed by atoms with Crippen molar-refractivity contribution < 1.29 is 0 Å². The van der Waals surface area contributed by atoms with Crippen molar-refractivity contribution in [2.24, 2.45) is 0 Å². The zero-order chi connectivity index (χ0) is 10.4. The van der Waals surface area contributed by atoms with E-state index in [4.69, 9.17) is 11.1 Å². The second-order valence-corrected chi connectivity index (χ2v) is 2.66. The van der Waals surface area contributed by atoms with Crippen molar-refractivity contribution in [2.75, 3.05) is 5.73 Å². The van der Waals surface area contributed by atoms with Gasteiger partial charge in [0.25, 0.3) is 0 Å². The first-order chi connectivity index (χ1) is 6.13. The van der Waals surface area contributed by atoms with E-state index >= 15 is 0 Å². The molecule has 1 aromatic carbocycles. The molecule has 72 valence electrons. The number of nitrogen functional groups attached to an aromatic ring is 1. The van der Waals surface area contributed by atoms with Gasteiger partial charge in [0.2, 0.25) is 0 Å². The average molecular weight is 178 g/mol. The van der Waals surface area contributed by atoms with Gasteiger partial charge in [0.15, 0.2) is 0 Å².